The molecule has 0 radical (unpaired) electrons. The minimum absolute atomic E-state index is 0.101. The molecular formula is C23H28N4O3. The second-order valence-electron chi connectivity index (χ2n) is 7.36. The highest BCUT2D eigenvalue weighted by Crippen LogP contribution is 2.18. The van der Waals surface area contributed by atoms with Gasteiger partial charge in [-0.05, 0) is 41.8 Å². The van der Waals surface area contributed by atoms with Gasteiger partial charge in [0.2, 0.25) is 5.91 Å². The van der Waals surface area contributed by atoms with Crippen LogP contribution in [0.15, 0.2) is 48.5 Å². The van der Waals surface area contributed by atoms with Crippen LogP contribution in [0.25, 0.3) is 0 Å². The van der Waals surface area contributed by atoms with Crippen LogP contribution in [-0.2, 0) is 27.3 Å². The van der Waals surface area contributed by atoms with E-state index in [2.05, 4.69) is 46.7 Å². The van der Waals surface area contributed by atoms with E-state index in [1.165, 1.54) is 12.5 Å². The minimum Gasteiger partial charge on any atom is -0.368 e. The van der Waals surface area contributed by atoms with Gasteiger partial charge in [0.1, 0.15) is 0 Å². The first-order valence-electron chi connectivity index (χ1n) is 10.2. The van der Waals surface area contributed by atoms with Gasteiger partial charge in [0.25, 0.3) is 0 Å². The van der Waals surface area contributed by atoms with Crippen molar-refractivity contribution in [2.75, 3.05) is 36.4 Å². The maximum absolute atomic E-state index is 12.5. The van der Waals surface area contributed by atoms with E-state index in [4.69, 9.17) is 0 Å². The third-order valence-electron chi connectivity index (χ3n) is 5.22. The Morgan fingerprint density at radius 1 is 0.867 bits per heavy atom. The van der Waals surface area contributed by atoms with E-state index in [0.29, 0.717) is 38.4 Å². The highest BCUT2D eigenvalue weighted by Gasteiger charge is 2.26. The predicted octanol–water partition coefficient (Wildman–Crippen LogP) is 2.17. The summed E-state index contributed by atoms with van der Waals surface area (Å²) >= 11 is 0. The van der Waals surface area contributed by atoms with Gasteiger partial charge in [0.05, 0.1) is 0 Å². The first-order chi connectivity index (χ1) is 14.5. The van der Waals surface area contributed by atoms with E-state index in [0.717, 1.165) is 17.7 Å². The van der Waals surface area contributed by atoms with Crippen molar-refractivity contribution in [1.29, 1.82) is 0 Å². The molecule has 0 aromatic heterocycles. The smallest absolute Gasteiger partial charge is 0.313 e. The summed E-state index contributed by atoms with van der Waals surface area (Å²) in [6.07, 6.45) is 1.01. The Kier molecular flexibility index (Phi) is 7.06. The van der Waals surface area contributed by atoms with E-state index in [1.54, 1.807) is 29.2 Å². The highest BCUT2D eigenvalue weighted by atomic mass is 16.2. The lowest BCUT2D eigenvalue weighted by atomic mass is 10.1. The predicted molar refractivity (Wildman–Crippen MR) is 117 cm³/mol. The fourth-order valence-corrected chi connectivity index (χ4v) is 3.37. The molecule has 3 rings (SSSR count). The summed E-state index contributed by atoms with van der Waals surface area (Å²) in [5.41, 5.74) is 3.91. The van der Waals surface area contributed by atoms with Gasteiger partial charge in [-0.2, -0.15) is 0 Å². The molecule has 3 amide bonds. The molecule has 2 N–H and O–H groups in total. The van der Waals surface area contributed by atoms with Crippen molar-refractivity contribution in [3.8, 4) is 0 Å². The summed E-state index contributed by atoms with van der Waals surface area (Å²) in [6, 6.07) is 15.5. The summed E-state index contributed by atoms with van der Waals surface area (Å²) in [7, 11) is 0. The van der Waals surface area contributed by atoms with Gasteiger partial charge in [-0.1, -0.05) is 31.2 Å². The van der Waals surface area contributed by atoms with Crippen molar-refractivity contribution < 1.29 is 14.4 Å². The first kappa shape index (κ1) is 21.4. The van der Waals surface area contributed by atoms with Crippen LogP contribution in [0.4, 0.5) is 11.4 Å². The van der Waals surface area contributed by atoms with Gasteiger partial charge >= 0.3 is 11.8 Å². The molecule has 1 heterocycles. The Hall–Kier alpha value is -3.35. The van der Waals surface area contributed by atoms with Gasteiger partial charge in [0, 0.05) is 51.0 Å². The quantitative estimate of drug-likeness (QED) is 0.743. The van der Waals surface area contributed by atoms with Crippen LogP contribution in [0.1, 0.15) is 25.0 Å². The Morgan fingerprint density at radius 3 is 2.03 bits per heavy atom. The Bertz CT molecular complexity index is 886. The second-order valence-corrected chi connectivity index (χ2v) is 7.36. The van der Waals surface area contributed by atoms with Crippen molar-refractivity contribution in [3.05, 3.63) is 59.7 Å². The van der Waals surface area contributed by atoms with Crippen LogP contribution in [0.2, 0.25) is 0 Å². The van der Waals surface area contributed by atoms with Crippen LogP contribution in [0.3, 0.4) is 0 Å². The monoisotopic (exact) mass is 408 g/mol. The number of hydrogen-bond acceptors (Lipinski definition) is 4. The van der Waals surface area contributed by atoms with Crippen molar-refractivity contribution in [3.63, 3.8) is 0 Å². The zero-order valence-electron chi connectivity index (χ0n) is 17.5. The molecule has 0 bridgehead atoms. The Labute approximate surface area is 177 Å². The minimum atomic E-state index is -0.634. The molecule has 2 aromatic carbocycles. The zero-order chi connectivity index (χ0) is 21.5. The summed E-state index contributed by atoms with van der Waals surface area (Å²) < 4.78 is 0. The number of carbonyl (C=O) groups is 3. The molecule has 1 saturated heterocycles. The molecule has 0 spiro atoms. The largest absolute Gasteiger partial charge is 0.368 e. The molecule has 0 unspecified atom stereocenters. The summed E-state index contributed by atoms with van der Waals surface area (Å²) in [6.45, 7) is 6.43. The number of carbonyl (C=O) groups excluding carboxylic acids is 3. The Morgan fingerprint density at radius 2 is 1.47 bits per heavy atom. The van der Waals surface area contributed by atoms with E-state index < -0.39 is 11.8 Å². The number of benzene rings is 2. The Balaban J connectivity index is 1.49. The highest BCUT2D eigenvalue weighted by molar-refractivity contribution is 6.39. The summed E-state index contributed by atoms with van der Waals surface area (Å²) in [5.74, 6) is -1.25. The molecule has 0 atom stereocenters. The third kappa shape index (κ3) is 5.59. The molecule has 0 saturated carbocycles. The van der Waals surface area contributed by atoms with Gasteiger partial charge < -0.3 is 20.4 Å². The van der Waals surface area contributed by atoms with Crippen molar-refractivity contribution >= 4 is 29.1 Å². The van der Waals surface area contributed by atoms with E-state index in [1.807, 2.05) is 0 Å². The normalized spacial score (nSPS) is 13.7. The van der Waals surface area contributed by atoms with Gasteiger partial charge in [-0.25, -0.2) is 0 Å². The number of nitrogens with one attached hydrogen (secondary N) is 2. The third-order valence-corrected chi connectivity index (χ3v) is 5.22. The van der Waals surface area contributed by atoms with Crippen LogP contribution >= 0.6 is 0 Å². The molecule has 2 aromatic rings. The summed E-state index contributed by atoms with van der Waals surface area (Å²) in [5, 5.41) is 5.37. The van der Waals surface area contributed by atoms with Crippen molar-refractivity contribution in [2.24, 2.45) is 0 Å². The topological polar surface area (TPSA) is 81.8 Å². The molecule has 0 aliphatic carbocycles. The van der Waals surface area contributed by atoms with Gasteiger partial charge in [0.15, 0.2) is 0 Å². The van der Waals surface area contributed by atoms with E-state index in [9.17, 15) is 14.4 Å². The molecule has 7 heteroatoms. The van der Waals surface area contributed by atoms with E-state index in [-0.39, 0.29) is 5.91 Å². The SMILES string of the molecule is CCc1ccc(N2CCN(C(=O)C(=O)Nc3ccc(CNC(C)=O)cc3)CC2)cc1. The fourth-order valence-electron chi connectivity index (χ4n) is 3.37. The van der Waals surface area contributed by atoms with E-state index >= 15 is 0 Å². The van der Waals surface area contributed by atoms with Gasteiger partial charge in [-0.3, -0.25) is 14.4 Å². The number of aryl methyl sites for hydroxylation is 1. The van der Waals surface area contributed by atoms with Crippen LogP contribution in [0, 0.1) is 0 Å². The number of piperazine rings is 1. The van der Waals surface area contributed by atoms with Crippen molar-refractivity contribution in [1.82, 2.24) is 10.2 Å². The van der Waals surface area contributed by atoms with Crippen LogP contribution < -0.4 is 15.5 Å². The molecule has 30 heavy (non-hydrogen) atoms. The van der Waals surface area contributed by atoms with Crippen LogP contribution in [0.5, 0.6) is 0 Å². The molecule has 158 valence electrons. The molecule has 1 fully saturated rings. The van der Waals surface area contributed by atoms with Crippen LogP contribution in [-0.4, -0.2) is 48.8 Å². The number of rotatable bonds is 5. The summed E-state index contributed by atoms with van der Waals surface area (Å²) in [4.78, 5) is 39.7. The number of nitrogens with zero attached hydrogens (tertiary/aromatic N) is 2. The second kappa shape index (κ2) is 9.91. The zero-order valence-corrected chi connectivity index (χ0v) is 17.5. The van der Waals surface area contributed by atoms with Crippen molar-refractivity contribution in [2.45, 2.75) is 26.8 Å². The first-order valence-corrected chi connectivity index (χ1v) is 10.2. The number of anilines is 2. The maximum Gasteiger partial charge on any atom is 0.313 e. The molecule has 1 aliphatic heterocycles. The lowest BCUT2D eigenvalue weighted by Gasteiger charge is -2.35. The molecular weight excluding hydrogens is 380 g/mol. The fraction of sp³-hybridized carbons (Fsp3) is 0.348. The molecule has 7 nitrogen and oxygen atoms in total. The standard InChI is InChI=1S/C23H28N4O3/c1-3-18-6-10-21(11-7-18)26-12-14-27(15-13-26)23(30)22(29)25-20-8-4-19(5-9-20)16-24-17(2)28/h4-11H,3,12-16H2,1-2H3,(H,24,28)(H,25,29). The average molecular weight is 409 g/mol. The average Bonchev–Trinajstić information content (AvgIpc) is 2.78. The van der Waals surface area contributed by atoms with Gasteiger partial charge in [-0.15, -0.1) is 0 Å². The lowest BCUT2D eigenvalue weighted by molar-refractivity contribution is -0.143. The number of hydrogen-bond donors (Lipinski definition) is 2. The maximum atomic E-state index is 12.5. The lowest BCUT2D eigenvalue weighted by Crippen LogP contribution is -2.51. The molecule has 1 aliphatic rings. The number of amides is 3.